The molecule has 0 spiro atoms. The summed E-state index contributed by atoms with van der Waals surface area (Å²) >= 11 is 5.79. The molecule has 2 amide bonds. The van der Waals surface area contributed by atoms with Gasteiger partial charge in [-0.15, -0.1) is 11.6 Å². The molecule has 0 saturated heterocycles. The fourth-order valence-electron chi connectivity index (χ4n) is 3.05. The van der Waals surface area contributed by atoms with Gasteiger partial charge in [0.1, 0.15) is 12.6 Å². The molecule has 2 N–H and O–H groups in total. The van der Waals surface area contributed by atoms with Gasteiger partial charge in [-0.25, -0.2) is 0 Å². The highest BCUT2D eigenvalue weighted by molar-refractivity contribution is 6.17. The third kappa shape index (κ3) is 5.34. The highest BCUT2D eigenvalue weighted by Gasteiger charge is 2.22. The minimum Gasteiger partial charge on any atom is -0.341 e. The molecule has 0 aliphatic rings. The first-order chi connectivity index (χ1) is 14.1. The molecule has 3 aromatic carbocycles. The molecule has 0 aliphatic heterocycles. The third-order valence-corrected chi connectivity index (χ3v) is 4.90. The molecular formula is C23H20ClN3O2. The van der Waals surface area contributed by atoms with Crippen LogP contribution in [0.4, 0.5) is 0 Å². The van der Waals surface area contributed by atoms with E-state index in [-0.39, 0.29) is 12.5 Å². The Morgan fingerprint density at radius 2 is 1.66 bits per heavy atom. The Morgan fingerprint density at radius 3 is 2.34 bits per heavy atom. The zero-order chi connectivity index (χ0) is 20.6. The molecule has 146 valence electrons. The van der Waals surface area contributed by atoms with Crippen molar-refractivity contribution in [3.63, 3.8) is 0 Å². The number of hydrogen-bond donors (Lipinski definition) is 2. The summed E-state index contributed by atoms with van der Waals surface area (Å²) in [5.41, 5.74) is 2.26. The summed E-state index contributed by atoms with van der Waals surface area (Å²) in [6, 6.07) is 21.8. The lowest BCUT2D eigenvalue weighted by atomic mass is 10.0. The molecule has 3 aromatic rings. The van der Waals surface area contributed by atoms with E-state index in [4.69, 9.17) is 16.9 Å². The van der Waals surface area contributed by atoms with E-state index in [9.17, 15) is 9.59 Å². The van der Waals surface area contributed by atoms with Gasteiger partial charge < -0.3 is 10.6 Å². The molecule has 0 bridgehead atoms. The predicted molar refractivity (Wildman–Crippen MR) is 114 cm³/mol. The van der Waals surface area contributed by atoms with Gasteiger partial charge in [0, 0.05) is 17.9 Å². The van der Waals surface area contributed by atoms with Crippen LogP contribution in [0.25, 0.3) is 10.8 Å². The Labute approximate surface area is 174 Å². The number of nitrogens with zero attached hydrogens (tertiary/aromatic N) is 1. The summed E-state index contributed by atoms with van der Waals surface area (Å²) in [5, 5.41) is 16.2. The monoisotopic (exact) mass is 405 g/mol. The van der Waals surface area contributed by atoms with Crippen molar-refractivity contribution in [2.75, 3.05) is 6.54 Å². The van der Waals surface area contributed by atoms with Gasteiger partial charge in [-0.3, -0.25) is 9.59 Å². The van der Waals surface area contributed by atoms with E-state index < -0.39 is 11.9 Å². The second kappa shape index (κ2) is 9.72. The zero-order valence-corrected chi connectivity index (χ0v) is 16.4. The smallest absolute Gasteiger partial charge is 0.251 e. The van der Waals surface area contributed by atoms with Gasteiger partial charge in [0.05, 0.1) is 6.07 Å². The van der Waals surface area contributed by atoms with Crippen LogP contribution < -0.4 is 10.6 Å². The maximum Gasteiger partial charge on any atom is 0.251 e. The molecule has 0 aliphatic carbocycles. The number of hydrogen-bond acceptors (Lipinski definition) is 3. The maximum absolute atomic E-state index is 12.6. The van der Waals surface area contributed by atoms with Crippen LogP contribution >= 0.6 is 11.6 Å². The standard InChI is InChI=1S/C23H20ClN3O2/c24-15-16-5-9-19(10-6-16)22(28)27-21(23(29)26-12-11-25)14-17-7-8-18-3-1-2-4-20(18)13-17/h1-10,13,21H,12,14-15H2,(H,26,29)(H,27,28). The van der Waals surface area contributed by atoms with E-state index >= 15 is 0 Å². The number of rotatable bonds is 7. The van der Waals surface area contributed by atoms with Crippen LogP contribution in [0.3, 0.4) is 0 Å². The molecule has 1 atom stereocenters. The van der Waals surface area contributed by atoms with Crippen LogP contribution in [0.5, 0.6) is 0 Å². The Bertz CT molecular complexity index is 1060. The minimum atomic E-state index is -0.801. The molecule has 0 fully saturated rings. The van der Waals surface area contributed by atoms with E-state index in [1.807, 2.05) is 48.5 Å². The number of nitriles is 1. The van der Waals surface area contributed by atoms with Gasteiger partial charge in [0.2, 0.25) is 5.91 Å². The zero-order valence-electron chi connectivity index (χ0n) is 15.7. The summed E-state index contributed by atoms with van der Waals surface area (Å²) in [4.78, 5) is 25.2. The SMILES string of the molecule is N#CCNC(=O)C(Cc1ccc2ccccc2c1)NC(=O)c1ccc(CCl)cc1. The molecule has 0 radical (unpaired) electrons. The van der Waals surface area contributed by atoms with Gasteiger partial charge in [-0.2, -0.15) is 5.26 Å². The van der Waals surface area contributed by atoms with Crippen molar-refractivity contribution < 1.29 is 9.59 Å². The van der Waals surface area contributed by atoms with E-state index in [1.54, 1.807) is 24.3 Å². The first-order valence-corrected chi connectivity index (χ1v) is 9.72. The first kappa shape index (κ1) is 20.4. The number of nitrogens with one attached hydrogen (secondary N) is 2. The lowest BCUT2D eigenvalue weighted by Gasteiger charge is -2.18. The Balaban J connectivity index is 1.79. The van der Waals surface area contributed by atoms with E-state index in [2.05, 4.69) is 10.6 Å². The first-order valence-electron chi connectivity index (χ1n) is 9.19. The van der Waals surface area contributed by atoms with Crippen molar-refractivity contribution in [1.82, 2.24) is 10.6 Å². The van der Waals surface area contributed by atoms with Crippen LogP contribution in [-0.4, -0.2) is 24.4 Å². The van der Waals surface area contributed by atoms with Crippen LogP contribution in [0.15, 0.2) is 66.7 Å². The largest absolute Gasteiger partial charge is 0.341 e. The Morgan fingerprint density at radius 1 is 0.966 bits per heavy atom. The summed E-state index contributed by atoms with van der Waals surface area (Å²) in [6.45, 7) is -0.118. The topological polar surface area (TPSA) is 82.0 Å². The number of amides is 2. The van der Waals surface area contributed by atoms with Gasteiger partial charge in [-0.05, 0) is 34.0 Å². The summed E-state index contributed by atoms with van der Waals surface area (Å²) in [6.07, 6.45) is 0.313. The summed E-state index contributed by atoms with van der Waals surface area (Å²) in [5.74, 6) is -0.391. The quantitative estimate of drug-likeness (QED) is 0.465. The highest BCUT2D eigenvalue weighted by Crippen LogP contribution is 2.17. The number of carbonyl (C=O) groups excluding carboxylic acids is 2. The average molecular weight is 406 g/mol. The summed E-state index contributed by atoms with van der Waals surface area (Å²) in [7, 11) is 0. The number of halogens is 1. The van der Waals surface area contributed by atoms with E-state index in [1.165, 1.54) is 0 Å². The molecule has 6 heteroatoms. The van der Waals surface area contributed by atoms with E-state index in [0.717, 1.165) is 21.9 Å². The Hall–Kier alpha value is -3.36. The fraction of sp³-hybridized carbons (Fsp3) is 0.174. The van der Waals surface area contributed by atoms with Gasteiger partial charge in [0.25, 0.3) is 5.91 Å². The minimum absolute atomic E-state index is 0.118. The van der Waals surface area contributed by atoms with Crippen LogP contribution in [0.1, 0.15) is 21.5 Å². The number of carbonyl (C=O) groups is 2. The molecule has 0 heterocycles. The molecule has 1 unspecified atom stereocenters. The second-order valence-corrected chi connectivity index (χ2v) is 6.89. The number of fused-ring (bicyclic) bond motifs is 1. The fourth-order valence-corrected chi connectivity index (χ4v) is 3.23. The van der Waals surface area contributed by atoms with Crippen molar-refractivity contribution in [2.24, 2.45) is 0 Å². The maximum atomic E-state index is 12.6. The van der Waals surface area contributed by atoms with Crippen molar-refractivity contribution in [3.8, 4) is 6.07 Å². The van der Waals surface area contributed by atoms with Crippen molar-refractivity contribution in [3.05, 3.63) is 83.4 Å². The lowest BCUT2D eigenvalue weighted by molar-refractivity contribution is -0.122. The van der Waals surface area contributed by atoms with Gasteiger partial charge >= 0.3 is 0 Å². The van der Waals surface area contributed by atoms with E-state index in [0.29, 0.717) is 17.9 Å². The second-order valence-electron chi connectivity index (χ2n) is 6.62. The van der Waals surface area contributed by atoms with Crippen molar-refractivity contribution >= 4 is 34.2 Å². The predicted octanol–water partition coefficient (Wildman–Crippen LogP) is 3.56. The van der Waals surface area contributed by atoms with Crippen molar-refractivity contribution in [2.45, 2.75) is 18.3 Å². The third-order valence-electron chi connectivity index (χ3n) is 4.59. The van der Waals surface area contributed by atoms with Crippen LogP contribution in [-0.2, 0) is 17.1 Å². The highest BCUT2D eigenvalue weighted by atomic mass is 35.5. The number of alkyl halides is 1. The molecule has 3 rings (SSSR count). The molecular weight excluding hydrogens is 386 g/mol. The molecule has 0 saturated carbocycles. The van der Waals surface area contributed by atoms with Crippen molar-refractivity contribution in [1.29, 1.82) is 5.26 Å². The molecule has 0 aromatic heterocycles. The van der Waals surface area contributed by atoms with Crippen LogP contribution in [0, 0.1) is 11.3 Å². The Kier molecular flexibility index (Phi) is 6.83. The summed E-state index contributed by atoms with van der Waals surface area (Å²) < 4.78 is 0. The molecule has 5 nitrogen and oxygen atoms in total. The van der Waals surface area contributed by atoms with Crippen LogP contribution in [0.2, 0.25) is 0 Å². The molecule has 29 heavy (non-hydrogen) atoms. The average Bonchev–Trinajstić information content (AvgIpc) is 2.76. The normalized spacial score (nSPS) is 11.4. The number of benzene rings is 3. The lowest BCUT2D eigenvalue weighted by Crippen LogP contribution is -2.48. The van der Waals surface area contributed by atoms with Gasteiger partial charge in [-0.1, -0.05) is 54.6 Å². The van der Waals surface area contributed by atoms with Gasteiger partial charge in [0.15, 0.2) is 0 Å².